The topological polar surface area (TPSA) is 84.7 Å². The smallest absolute Gasteiger partial charge is 0.309 e. The summed E-state index contributed by atoms with van der Waals surface area (Å²) in [5.41, 5.74) is 1.19. The van der Waals surface area contributed by atoms with E-state index < -0.39 is 10.0 Å². The molecule has 0 bridgehead atoms. The van der Waals surface area contributed by atoms with Crippen molar-refractivity contribution in [1.82, 2.24) is 19.0 Å². The summed E-state index contributed by atoms with van der Waals surface area (Å²) < 4.78 is 34.2. The second-order valence-electron chi connectivity index (χ2n) is 6.87. The minimum atomic E-state index is -3.54. The van der Waals surface area contributed by atoms with Gasteiger partial charge in [0.15, 0.2) is 0 Å². The summed E-state index contributed by atoms with van der Waals surface area (Å²) in [5.74, 6) is -0.156. The molecule has 2 rings (SSSR count). The highest BCUT2D eigenvalue weighted by Gasteiger charge is 2.31. The maximum Gasteiger partial charge on any atom is 0.309 e. The summed E-state index contributed by atoms with van der Waals surface area (Å²) in [4.78, 5) is 14.4. The fourth-order valence-electron chi connectivity index (χ4n) is 3.64. The van der Waals surface area contributed by atoms with Crippen LogP contribution in [0.15, 0.2) is 4.90 Å². The van der Waals surface area contributed by atoms with E-state index in [9.17, 15) is 13.2 Å². The molecule has 1 aliphatic rings. The van der Waals surface area contributed by atoms with Crippen LogP contribution in [0.2, 0.25) is 0 Å². The molecule has 0 unspecified atom stereocenters. The monoisotopic (exact) mass is 400 g/mol. The van der Waals surface area contributed by atoms with Crippen molar-refractivity contribution >= 4 is 16.0 Å². The number of carbonyl (C=O) groups excluding carboxylic acids is 1. The van der Waals surface area contributed by atoms with Crippen LogP contribution in [0, 0.1) is 19.8 Å². The Balaban J connectivity index is 2.11. The maximum absolute atomic E-state index is 12.9. The largest absolute Gasteiger partial charge is 0.466 e. The molecule has 9 heteroatoms. The Morgan fingerprint density at radius 1 is 1.19 bits per heavy atom. The van der Waals surface area contributed by atoms with Crippen molar-refractivity contribution in [2.75, 3.05) is 32.8 Å². The maximum atomic E-state index is 12.9. The molecule has 27 heavy (non-hydrogen) atoms. The van der Waals surface area contributed by atoms with Gasteiger partial charge in [0.05, 0.1) is 30.6 Å². The number of hydrogen-bond donors (Lipinski definition) is 0. The van der Waals surface area contributed by atoms with Crippen LogP contribution in [0.1, 0.15) is 45.0 Å². The quantitative estimate of drug-likeness (QED) is 0.618. The van der Waals surface area contributed by atoms with Gasteiger partial charge in [0.25, 0.3) is 0 Å². The van der Waals surface area contributed by atoms with Crippen molar-refractivity contribution in [3.63, 3.8) is 0 Å². The number of rotatable bonds is 8. The second kappa shape index (κ2) is 9.16. The van der Waals surface area contributed by atoms with Gasteiger partial charge in [0.2, 0.25) is 10.0 Å². The SMILES string of the molecule is CCOC(=O)C1CCN(Cn2nc(C)c(S(=O)(=O)N(CC)CC)c2C)CC1. The highest BCUT2D eigenvalue weighted by atomic mass is 32.2. The Hall–Kier alpha value is -1.45. The highest BCUT2D eigenvalue weighted by molar-refractivity contribution is 7.89. The van der Waals surface area contributed by atoms with Crippen LogP contribution in [-0.4, -0.2) is 66.2 Å². The molecule has 2 heterocycles. The molecule has 0 atom stereocenters. The first-order valence-electron chi connectivity index (χ1n) is 9.69. The number of aromatic nitrogens is 2. The lowest BCUT2D eigenvalue weighted by Gasteiger charge is -2.30. The van der Waals surface area contributed by atoms with Gasteiger partial charge in [0, 0.05) is 26.2 Å². The van der Waals surface area contributed by atoms with Gasteiger partial charge in [-0.1, -0.05) is 13.8 Å². The van der Waals surface area contributed by atoms with E-state index in [-0.39, 0.29) is 11.9 Å². The van der Waals surface area contributed by atoms with Crippen molar-refractivity contribution in [2.45, 2.75) is 59.0 Å². The molecule has 0 aromatic carbocycles. The molecule has 1 aromatic rings. The van der Waals surface area contributed by atoms with Crippen molar-refractivity contribution in [1.29, 1.82) is 0 Å². The van der Waals surface area contributed by atoms with E-state index in [1.807, 2.05) is 27.7 Å². The van der Waals surface area contributed by atoms with Gasteiger partial charge in [-0.15, -0.1) is 0 Å². The van der Waals surface area contributed by atoms with Crippen LogP contribution < -0.4 is 0 Å². The van der Waals surface area contributed by atoms with E-state index >= 15 is 0 Å². The number of hydrogen-bond acceptors (Lipinski definition) is 6. The summed E-state index contributed by atoms with van der Waals surface area (Å²) in [6.45, 7) is 12.4. The fourth-order valence-corrected chi connectivity index (χ4v) is 5.47. The summed E-state index contributed by atoms with van der Waals surface area (Å²) in [6.07, 6.45) is 1.51. The van der Waals surface area contributed by atoms with E-state index in [1.165, 1.54) is 4.31 Å². The number of likely N-dealkylation sites (tertiary alicyclic amines) is 1. The predicted molar refractivity (Wildman–Crippen MR) is 103 cm³/mol. The van der Waals surface area contributed by atoms with Gasteiger partial charge >= 0.3 is 5.97 Å². The zero-order valence-corrected chi connectivity index (χ0v) is 17.9. The van der Waals surface area contributed by atoms with Crippen LogP contribution in [0.5, 0.6) is 0 Å². The third-order valence-electron chi connectivity index (χ3n) is 5.16. The van der Waals surface area contributed by atoms with Gasteiger partial charge in [-0.05, 0) is 33.6 Å². The lowest BCUT2D eigenvalue weighted by atomic mass is 9.97. The predicted octanol–water partition coefficient (Wildman–Crippen LogP) is 1.76. The zero-order valence-electron chi connectivity index (χ0n) is 17.1. The number of piperidine rings is 1. The van der Waals surface area contributed by atoms with E-state index in [0.717, 1.165) is 25.9 Å². The first-order chi connectivity index (χ1) is 12.8. The third-order valence-corrected chi connectivity index (χ3v) is 7.46. The van der Waals surface area contributed by atoms with E-state index in [2.05, 4.69) is 10.00 Å². The van der Waals surface area contributed by atoms with Gasteiger partial charge in [-0.25, -0.2) is 8.42 Å². The van der Waals surface area contributed by atoms with Gasteiger partial charge in [-0.3, -0.25) is 14.4 Å². The Kier molecular flexibility index (Phi) is 7.41. The minimum absolute atomic E-state index is 0.0414. The zero-order chi connectivity index (χ0) is 20.2. The first kappa shape index (κ1) is 21.8. The lowest BCUT2D eigenvalue weighted by Crippen LogP contribution is -2.38. The Morgan fingerprint density at radius 3 is 2.30 bits per heavy atom. The molecule has 1 aliphatic heterocycles. The Bertz CT molecular complexity index is 748. The van der Waals surface area contributed by atoms with E-state index in [0.29, 0.717) is 42.6 Å². The second-order valence-corrected chi connectivity index (χ2v) is 8.75. The molecular formula is C18H32N4O4S. The van der Waals surface area contributed by atoms with Gasteiger partial charge < -0.3 is 4.74 Å². The Labute approximate surface area is 162 Å². The number of carbonyl (C=O) groups is 1. The number of ether oxygens (including phenoxy) is 1. The van der Waals surface area contributed by atoms with Gasteiger partial charge in [-0.2, -0.15) is 9.40 Å². The summed E-state index contributed by atoms with van der Waals surface area (Å²) in [6, 6.07) is 0. The van der Waals surface area contributed by atoms with Crippen LogP contribution in [0.4, 0.5) is 0 Å². The average molecular weight is 401 g/mol. The number of sulfonamides is 1. The summed E-state index contributed by atoms with van der Waals surface area (Å²) in [5, 5.41) is 4.48. The molecule has 0 amide bonds. The van der Waals surface area contributed by atoms with E-state index in [1.54, 1.807) is 11.6 Å². The normalized spacial score (nSPS) is 16.8. The molecule has 0 saturated carbocycles. The van der Waals surface area contributed by atoms with Crippen molar-refractivity contribution in [2.24, 2.45) is 5.92 Å². The molecule has 8 nitrogen and oxygen atoms in total. The first-order valence-corrected chi connectivity index (χ1v) is 11.1. The summed E-state index contributed by atoms with van der Waals surface area (Å²) in [7, 11) is -3.54. The lowest BCUT2D eigenvalue weighted by molar-refractivity contribution is -0.149. The van der Waals surface area contributed by atoms with Crippen LogP contribution >= 0.6 is 0 Å². The minimum Gasteiger partial charge on any atom is -0.466 e. The highest BCUT2D eigenvalue weighted by Crippen LogP contribution is 2.25. The number of aryl methyl sites for hydroxylation is 1. The molecule has 0 N–H and O–H groups in total. The van der Waals surface area contributed by atoms with Crippen molar-refractivity contribution < 1.29 is 17.9 Å². The summed E-state index contributed by atoms with van der Waals surface area (Å²) >= 11 is 0. The van der Waals surface area contributed by atoms with Crippen LogP contribution in [0.25, 0.3) is 0 Å². The van der Waals surface area contributed by atoms with E-state index in [4.69, 9.17) is 4.74 Å². The van der Waals surface area contributed by atoms with Crippen molar-refractivity contribution in [3.8, 4) is 0 Å². The molecule has 0 radical (unpaired) electrons. The number of nitrogens with zero attached hydrogens (tertiary/aromatic N) is 4. The molecule has 154 valence electrons. The van der Waals surface area contributed by atoms with Crippen molar-refractivity contribution in [3.05, 3.63) is 11.4 Å². The molecule has 1 fully saturated rings. The standard InChI is InChI=1S/C18H32N4O4S/c1-6-21(7-2)27(24,25)17-14(4)19-22(15(17)5)13-20-11-9-16(10-12-20)18(23)26-8-3/h16H,6-13H2,1-5H3. The van der Waals surface area contributed by atoms with Crippen LogP contribution in [-0.2, 0) is 26.2 Å². The molecule has 1 aromatic heterocycles. The van der Waals surface area contributed by atoms with Crippen LogP contribution in [0.3, 0.4) is 0 Å². The molecule has 0 spiro atoms. The molecule has 0 aliphatic carbocycles. The fraction of sp³-hybridized carbons (Fsp3) is 0.778. The van der Waals surface area contributed by atoms with Gasteiger partial charge in [0.1, 0.15) is 4.90 Å². The molecular weight excluding hydrogens is 368 g/mol. The average Bonchev–Trinajstić information content (AvgIpc) is 2.90. The molecule has 1 saturated heterocycles. The third kappa shape index (κ3) is 4.70. The number of esters is 1. The Morgan fingerprint density at radius 2 is 1.78 bits per heavy atom.